The molecular weight excluding hydrogens is 356 g/mol. The third-order valence-corrected chi connectivity index (χ3v) is 4.51. The first-order valence-corrected chi connectivity index (χ1v) is 9.38. The van der Waals surface area contributed by atoms with E-state index in [-0.39, 0.29) is 12.1 Å². The summed E-state index contributed by atoms with van der Waals surface area (Å²) < 4.78 is 7.43. The number of anilines is 1. The van der Waals surface area contributed by atoms with Crippen LogP contribution in [0.5, 0.6) is 0 Å². The van der Waals surface area contributed by atoms with Gasteiger partial charge < -0.3 is 15.0 Å². The van der Waals surface area contributed by atoms with Crippen molar-refractivity contribution >= 4 is 17.6 Å². The highest BCUT2D eigenvalue weighted by molar-refractivity contribution is 5.68. The zero-order chi connectivity index (χ0) is 19.7. The van der Waals surface area contributed by atoms with Gasteiger partial charge in [-0.1, -0.05) is 6.07 Å². The van der Waals surface area contributed by atoms with E-state index in [9.17, 15) is 4.79 Å². The van der Waals surface area contributed by atoms with Crippen LogP contribution in [0.1, 0.15) is 27.2 Å². The maximum atomic E-state index is 12.2. The molecule has 28 heavy (non-hydrogen) atoms. The van der Waals surface area contributed by atoms with Gasteiger partial charge in [-0.2, -0.15) is 0 Å². The van der Waals surface area contributed by atoms with E-state index in [1.165, 1.54) is 0 Å². The number of carbonyl (C=O) groups excluding carboxylic acids is 1. The topological polar surface area (TPSA) is 84.6 Å². The minimum Gasteiger partial charge on any atom is -0.444 e. The van der Waals surface area contributed by atoms with Gasteiger partial charge in [0, 0.05) is 25.3 Å². The predicted molar refractivity (Wildman–Crippen MR) is 106 cm³/mol. The molecule has 146 valence electrons. The zero-order valence-corrected chi connectivity index (χ0v) is 16.3. The number of fused-ring (bicyclic) bond motifs is 1. The van der Waals surface area contributed by atoms with E-state index in [2.05, 4.69) is 20.3 Å². The van der Waals surface area contributed by atoms with Crippen LogP contribution in [0.2, 0.25) is 0 Å². The lowest BCUT2D eigenvalue weighted by molar-refractivity contribution is 0.0293. The summed E-state index contributed by atoms with van der Waals surface area (Å²) in [5.41, 5.74) is 2.00. The van der Waals surface area contributed by atoms with Crippen molar-refractivity contribution in [2.24, 2.45) is 0 Å². The Bertz CT molecular complexity index is 994. The van der Waals surface area contributed by atoms with Crippen molar-refractivity contribution in [3.8, 4) is 11.4 Å². The number of amides is 1. The molecule has 1 atom stereocenters. The fourth-order valence-electron chi connectivity index (χ4n) is 3.26. The number of hydrogen-bond donors (Lipinski definition) is 1. The predicted octanol–water partition coefficient (Wildman–Crippen LogP) is 3.21. The highest BCUT2D eigenvalue weighted by atomic mass is 16.6. The zero-order valence-electron chi connectivity index (χ0n) is 16.3. The van der Waals surface area contributed by atoms with E-state index in [1.54, 1.807) is 23.5 Å². The van der Waals surface area contributed by atoms with Gasteiger partial charge in [-0.25, -0.2) is 14.8 Å². The van der Waals surface area contributed by atoms with E-state index in [0.717, 1.165) is 23.5 Å². The second-order valence-electron chi connectivity index (χ2n) is 7.92. The summed E-state index contributed by atoms with van der Waals surface area (Å²) in [5, 5.41) is 3.39. The van der Waals surface area contributed by atoms with Crippen LogP contribution in [0.25, 0.3) is 17.0 Å². The van der Waals surface area contributed by atoms with E-state index in [1.807, 2.05) is 49.6 Å². The number of hydrogen-bond acceptors (Lipinski definition) is 6. The van der Waals surface area contributed by atoms with E-state index >= 15 is 0 Å². The Morgan fingerprint density at radius 3 is 2.93 bits per heavy atom. The number of pyridine rings is 1. The quantitative estimate of drug-likeness (QED) is 0.751. The summed E-state index contributed by atoms with van der Waals surface area (Å²) >= 11 is 0. The van der Waals surface area contributed by atoms with Crippen LogP contribution in [0.3, 0.4) is 0 Å². The highest BCUT2D eigenvalue weighted by Crippen LogP contribution is 2.21. The van der Waals surface area contributed by atoms with Crippen LogP contribution in [-0.2, 0) is 4.74 Å². The van der Waals surface area contributed by atoms with Crippen molar-refractivity contribution < 1.29 is 9.53 Å². The minimum absolute atomic E-state index is 0.110. The van der Waals surface area contributed by atoms with Crippen molar-refractivity contribution in [1.82, 2.24) is 24.3 Å². The van der Waals surface area contributed by atoms with E-state index in [0.29, 0.717) is 18.9 Å². The van der Waals surface area contributed by atoms with E-state index in [4.69, 9.17) is 4.74 Å². The Balaban J connectivity index is 1.45. The SMILES string of the molecule is CC(C)(C)OC(=O)N1CC[C@@H](Nc2cncc(-c3cnc4ccccn34)n2)C1. The lowest BCUT2D eigenvalue weighted by atomic mass is 10.2. The number of ether oxygens (including phenoxy) is 1. The summed E-state index contributed by atoms with van der Waals surface area (Å²) in [5.74, 6) is 0.680. The van der Waals surface area contributed by atoms with Crippen molar-refractivity contribution in [1.29, 1.82) is 0 Å². The second-order valence-corrected chi connectivity index (χ2v) is 7.92. The van der Waals surface area contributed by atoms with Crippen molar-refractivity contribution in [3.63, 3.8) is 0 Å². The molecule has 1 aliphatic rings. The van der Waals surface area contributed by atoms with Gasteiger partial charge in [0.05, 0.1) is 24.3 Å². The largest absolute Gasteiger partial charge is 0.444 e. The van der Waals surface area contributed by atoms with Crippen molar-refractivity contribution in [2.45, 2.75) is 38.8 Å². The van der Waals surface area contributed by atoms with Crippen LogP contribution in [0.15, 0.2) is 43.0 Å². The molecule has 1 saturated heterocycles. The maximum Gasteiger partial charge on any atom is 0.410 e. The summed E-state index contributed by atoms with van der Waals surface area (Å²) in [6.07, 6.45) is 7.73. The molecule has 0 saturated carbocycles. The fourth-order valence-corrected chi connectivity index (χ4v) is 3.26. The van der Waals surface area contributed by atoms with Crippen LogP contribution in [-0.4, -0.2) is 55.1 Å². The van der Waals surface area contributed by atoms with Crippen LogP contribution in [0.4, 0.5) is 10.6 Å². The number of rotatable bonds is 3. The van der Waals surface area contributed by atoms with Crippen LogP contribution >= 0.6 is 0 Å². The Morgan fingerprint density at radius 2 is 2.11 bits per heavy atom. The summed E-state index contributed by atoms with van der Waals surface area (Å²) in [6.45, 7) is 6.86. The summed E-state index contributed by atoms with van der Waals surface area (Å²) in [7, 11) is 0. The van der Waals surface area contributed by atoms with Gasteiger partial charge in [-0.05, 0) is 39.3 Å². The highest BCUT2D eigenvalue weighted by Gasteiger charge is 2.30. The number of nitrogens with one attached hydrogen (secondary N) is 1. The third-order valence-electron chi connectivity index (χ3n) is 4.51. The van der Waals surface area contributed by atoms with Crippen LogP contribution < -0.4 is 5.32 Å². The first-order chi connectivity index (χ1) is 13.4. The number of carbonyl (C=O) groups is 1. The molecule has 4 heterocycles. The lowest BCUT2D eigenvalue weighted by Gasteiger charge is -2.24. The van der Waals surface area contributed by atoms with Gasteiger partial charge in [-0.15, -0.1) is 0 Å². The minimum atomic E-state index is -0.490. The number of imidazole rings is 1. The molecule has 0 spiro atoms. The Morgan fingerprint density at radius 1 is 1.25 bits per heavy atom. The molecule has 1 fully saturated rings. The fraction of sp³-hybridized carbons (Fsp3) is 0.400. The normalized spacial score (nSPS) is 17.1. The molecule has 0 bridgehead atoms. The average Bonchev–Trinajstić information content (AvgIpc) is 3.27. The number of likely N-dealkylation sites (tertiary alicyclic amines) is 1. The smallest absolute Gasteiger partial charge is 0.410 e. The lowest BCUT2D eigenvalue weighted by Crippen LogP contribution is -2.36. The molecule has 1 amide bonds. The van der Waals surface area contributed by atoms with Gasteiger partial charge >= 0.3 is 6.09 Å². The van der Waals surface area contributed by atoms with Gasteiger partial charge in [-0.3, -0.25) is 9.38 Å². The second kappa shape index (κ2) is 7.10. The molecule has 3 aromatic rings. The molecule has 1 aliphatic heterocycles. The molecule has 1 N–H and O–H groups in total. The van der Waals surface area contributed by atoms with Gasteiger partial charge in [0.25, 0.3) is 0 Å². The number of nitrogens with zero attached hydrogens (tertiary/aromatic N) is 5. The van der Waals surface area contributed by atoms with Gasteiger partial charge in [0.1, 0.15) is 22.8 Å². The standard InChI is InChI=1S/C20H24N6O2/c1-20(2,3)28-19(27)25-9-7-14(13-25)23-17-12-21-10-15(24-17)16-11-22-18-6-4-5-8-26(16)18/h4-6,8,10-12,14H,7,9,13H2,1-3H3,(H,23,24)/t14-/m1/s1. The average molecular weight is 380 g/mol. The van der Waals surface area contributed by atoms with Gasteiger partial charge in [0.2, 0.25) is 0 Å². The first-order valence-electron chi connectivity index (χ1n) is 9.38. The Labute approximate surface area is 163 Å². The molecule has 0 unspecified atom stereocenters. The van der Waals surface area contributed by atoms with Crippen molar-refractivity contribution in [3.05, 3.63) is 43.0 Å². The monoisotopic (exact) mass is 380 g/mol. The summed E-state index contributed by atoms with van der Waals surface area (Å²) in [4.78, 5) is 27.4. The molecular formula is C20H24N6O2. The third kappa shape index (κ3) is 3.90. The first kappa shape index (κ1) is 18.2. The maximum absolute atomic E-state index is 12.2. The molecule has 8 nitrogen and oxygen atoms in total. The Hall–Kier alpha value is -3.16. The summed E-state index contributed by atoms with van der Waals surface area (Å²) in [6, 6.07) is 5.96. The van der Waals surface area contributed by atoms with Gasteiger partial charge in [0.15, 0.2) is 0 Å². The molecule has 0 radical (unpaired) electrons. The molecule has 3 aromatic heterocycles. The van der Waals surface area contributed by atoms with Crippen LogP contribution in [0, 0.1) is 0 Å². The Kier molecular flexibility index (Phi) is 4.62. The molecule has 0 aliphatic carbocycles. The number of aromatic nitrogens is 4. The van der Waals surface area contributed by atoms with E-state index < -0.39 is 5.60 Å². The molecule has 4 rings (SSSR count). The molecule has 0 aromatic carbocycles. The van der Waals surface area contributed by atoms with Crippen molar-refractivity contribution in [2.75, 3.05) is 18.4 Å². The molecule has 8 heteroatoms.